The van der Waals surface area contributed by atoms with Crippen molar-refractivity contribution in [2.45, 2.75) is 19.8 Å². The van der Waals surface area contributed by atoms with E-state index in [1.54, 1.807) is 4.90 Å². The van der Waals surface area contributed by atoms with Gasteiger partial charge in [0.2, 0.25) is 0 Å². The minimum Gasteiger partial charge on any atom is -0.339 e. The third kappa shape index (κ3) is 4.24. The van der Waals surface area contributed by atoms with Crippen molar-refractivity contribution in [1.29, 1.82) is 0 Å². The Hall–Kier alpha value is -2.96. The number of anilines is 1. The number of nitrogens with zero attached hydrogens (tertiary/aromatic N) is 2. The number of piperidine rings is 1. The van der Waals surface area contributed by atoms with E-state index in [9.17, 15) is 18.8 Å². The van der Waals surface area contributed by atoms with Gasteiger partial charge in [-0.2, -0.15) is 0 Å². The Morgan fingerprint density at radius 3 is 2.37 bits per heavy atom. The van der Waals surface area contributed by atoms with E-state index in [2.05, 4.69) is 12.2 Å². The molecular formula is C20H22FN3O3. The first-order chi connectivity index (χ1) is 12.8. The number of carbonyl (C=O) groups excluding carboxylic acids is 2. The molecule has 2 heterocycles. The van der Waals surface area contributed by atoms with Crippen LogP contribution in [-0.4, -0.2) is 34.4 Å². The van der Waals surface area contributed by atoms with Crippen LogP contribution in [0.2, 0.25) is 0 Å². The highest BCUT2D eigenvalue weighted by atomic mass is 19.1. The van der Waals surface area contributed by atoms with Crippen LogP contribution in [-0.2, 0) is 7.05 Å². The van der Waals surface area contributed by atoms with Crippen molar-refractivity contribution in [2.24, 2.45) is 13.0 Å². The quantitative estimate of drug-likeness (QED) is 0.902. The number of benzene rings is 1. The number of nitrogens with one attached hydrogen (secondary N) is 1. The Labute approximate surface area is 156 Å². The number of aryl methyl sites for hydroxylation is 1. The van der Waals surface area contributed by atoms with Gasteiger partial charge in [-0.3, -0.25) is 14.4 Å². The zero-order valence-electron chi connectivity index (χ0n) is 15.4. The topological polar surface area (TPSA) is 71.4 Å². The van der Waals surface area contributed by atoms with Crippen molar-refractivity contribution < 1.29 is 14.0 Å². The van der Waals surface area contributed by atoms with E-state index in [1.165, 1.54) is 48.1 Å². The lowest BCUT2D eigenvalue weighted by molar-refractivity contribution is 0.0696. The number of carbonyl (C=O) groups is 2. The fourth-order valence-electron chi connectivity index (χ4n) is 3.11. The van der Waals surface area contributed by atoms with Gasteiger partial charge in [-0.25, -0.2) is 4.39 Å². The summed E-state index contributed by atoms with van der Waals surface area (Å²) in [4.78, 5) is 39.2. The molecule has 1 N–H and O–H groups in total. The summed E-state index contributed by atoms with van der Waals surface area (Å²) in [6.45, 7) is 3.53. The number of amides is 2. The van der Waals surface area contributed by atoms with Gasteiger partial charge >= 0.3 is 0 Å². The molecule has 2 amide bonds. The van der Waals surface area contributed by atoms with E-state index in [0.717, 1.165) is 12.8 Å². The molecule has 1 saturated heterocycles. The van der Waals surface area contributed by atoms with Crippen LogP contribution in [0.5, 0.6) is 0 Å². The lowest BCUT2D eigenvalue weighted by Gasteiger charge is -2.30. The average molecular weight is 371 g/mol. The van der Waals surface area contributed by atoms with Crippen LogP contribution in [0.25, 0.3) is 0 Å². The highest BCUT2D eigenvalue weighted by Crippen LogP contribution is 2.19. The first kappa shape index (κ1) is 18.8. The maximum Gasteiger partial charge on any atom is 0.274 e. The van der Waals surface area contributed by atoms with Gasteiger partial charge in [0.15, 0.2) is 0 Å². The molecule has 0 bridgehead atoms. The lowest BCUT2D eigenvalue weighted by atomic mass is 9.99. The van der Waals surface area contributed by atoms with Crippen LogP contribution in [0.4, 0.5) is 10.1 Å². The van der Waals surface area contributed by atoms with Crippen LogP contribution < -0.4 is 10.9 Å². The monoisotopic (exact) mass is 371 g/mol. The van der Waals surface area contributed by atoms with Crippen LogP contribution in [0.15, 0.2) is 41.3 Å². The second-order valence-electron chi connectivity index (χ2n) is 6.99. The van der Waals surface area contributed by atoms with Crippen molar-refractivity contribution >= 4 is 17.5 Å². The Kier molecular flexibility index (Phi) is 5.39. The van der Waals surface area contributed by atoms with E-state index in [-0.39, 0.29) is 17.2 Å². The number of pyridine rings is 1. The van der Waals surface area contributed by atoms with Gasteiger partial charge in [0, 0.05) is 31.9 Å². The summed E-state index contributed by atoms with van der Waals surface area (Å²) >= 11 is 0. The number of aromatic nitrogens is 1. The summed E-state index contributed by atoms with van der Waals surface area (Å²) in [6, 6.07) is 6.41. The SMILES string of the molecule is CC1CCN(C(=O)c2cc(NC(=O)c3ccc(F)cc3)c(=O)n(C)c2)CC1. The molecule has 1 fully saturated rings. The van der Waals surface area contributed by atoms with Crippen LogP contribution in [0.3, 0.4) is 0 Å². The van der Waals surface area contributed by atoms with Gasteiger partial charge in [-0.1, -0.05) is 6.92 Å². The van der Waals surface area contributed by atoms with E-state index in [4.69, 9.17) is 0 Å². The van der Waals surface area contributed by atoms with Gasteiger partial charge in [-0.15, -0.1) is 0 Å². The Balaban J connectivity index is 1.83. The Morgan fingerprint density at radius 2 is 1.74 bits per heavy atom. The minimum absolute atomic E-state index is 0.0167. The van der Waals surface area contributed by atoms with Crippen molar-refractivity contribution in [1.82, 2.24) is 9.47 Å². The molecule has 1 aliphatic rings. The second kappa shape index (κ2) is 7.73. The number of likely N-dealkylation sites (tertiary alicyclic amines) is 1. The van der Waals surface area contributed by atoms with E-state index in [1.807, 2.05) is 0 Å². The van der Waals surface area contributed by atoms with Crippen LogP contribution in [0, 0.1) is 11.7 Å². The van der Waals surface area contributed by atoms with E-state index in [0.29, 0.717) is 24.6 Å². The smallest absolute Gasteiger partial charge is 0.274 e. The predicted molar refractivity (Wildman–Crippen MR) is 100 cm³/mol. The van der Waals surface area contributed by atoms with Crippen molar-refractivity contribution in [2.75, 3.05) is 18.4 Å². The molecule has 7 heteroatoms. The summed E-state index contributed by atoms with van der Waals surface area (Å²) in [5.41, 5.74) is 0.165. The number of rotatable bonds is 3. The molecule has 3 rings (SSSR count). The zero-order valence-corrected chi connectivity index (χ0v) is 15.4. The first-order valence-electron chi connectivity index (χ1n) is 8.92. The zero-order chi connectivity index (χ0) is 19.6. The maximum absolute atomic E-state index is 13.0. The lowest BCUT2D eigenvalue weighted by Crippen LogP contribution is -2.38. The molecular weight excluding hydrogens is 349 g/mol. The summed E-state index contributed by atoms with van der Waals surface area (Å²) in [5, 5.41) is 2.53. The second-order valence-corrected chi connectivity index (χ2v) is 6.99. The molecule has 0 atom stereocenters. The van der Waals surface area contributed by atoms with Crippen molar-refractivity contribution in [3.8, 4) is 0 Å². The summed E-state index contributed by atoms with van der Waals surface area (Å²) < 4.78 is 14.3. The third-order valence-electron chi connectivity index (χ3n) is 4.86. The molecule has 0 aliphatic carbocycles. The molecule has 6 nitrogen and oxygen atoms in total. The third-order valence-corrected chi connectivity index (χ3v) is 4.86. The summed E-state index contributed by atoms with van der Waals surface area (Å²) in [6.07, 6.45) is 3.38. The molecule has 0 spiro atoms. The Bertz CT molecular complexity index is 913. The normalized spacial score (nSPS) is 14.9. The number of hydrogen-bond donors (Lipinski definition) is 1. The molecule has 0 saturated carbocycles. The molecule has 142 valence electrons. The van der Waals surface area contributed by atoms with Gasteiger partial charge in [0.1, 0.15) is 11.5 Å². The molecule has 0 radical (unpaired) electrons. The standard InChI is InChI=1S/C20H22FN3O3/c1-13-7-9-24(10-8-13)19(26)15-11-17(20(27)23(2)12-15)22-18(25)14-3-5-16(21)6-4-14/h3-6,11-13H,7-10H2,1-2H3,(H,22,25). The van der Waals surface area contributed by atoms with Crippen molar-refractivity contribution in [3.63, 3.8) is 0 Å². The number of halogens is 1. The van der Waals surface area contributed by atoms with Gasteiger partial charge in [0.25, 0.3) is 17.4 Å². The van der Waals surface area contributed by atoms with Crippen LogP contribution in [0.1, 0.15) is 40.5 Å². The minimum atomic E-state index is -0.538. The first-order valence-corrected chi connectivity index (χ1v) is 8.92. The summed E-state index contributed by atoms with van der Waals surface area (Å²) in [5.74, 6) is -0.552. The molecule has 0 unspecified atom stereocenters. The van der Waals surface area contributed by atoms with Gasteiger partial charge in [0.05, 0.1) is 5.56 Å². The highest BCUT2D eigenvalue weighted by molar-refractivity contribution is 6.05. The fraction of sp³-hybridized carbons (Fsp3) is 0.350. The van der Waals surface area contributed by atoms with Gasteiger partial charge < -0.3 is 14.8 Å². The Morgan fingerprint density at radius 1 is 1.11 bits per heavy atom. The molecule has 1 aromatic carbocycles. The van der Waals surface area contributed by atoms with Gasteiger partial charge in [-0.05, 0) is 49.1 Å². The molecule has 1 aromatic heterocycles. The van der Waals surface area contributed by atoms with Crippen molar-refractivity contribution in [3.05, 3.63) is 63.8 Å². The number of hydrogen-bond acceptors (Lipinski definition) is 3. The largest absolute Gasteiger partial charge is 0.339 e. The predicted octanol–water partition coefficient (Wildman–Crippen LogP) is 2.65. The van der Waals surface area contributed by atoms with Crippen LogP contribution >= 0.6 is 0 Å². The maximum atomic E-state index is 13.0. The highest BCUT2D eigenvalue weighted by Gasteiger charge is 2.23. The van der Waals surface area contributed by atoms with E-state index < -0.39 is 17.3 Å². The summed E-state index contributed by atoms with van der Waals surface area (Å²) in [7, 11) is 1.53. The van der Waals surface area contributed by atoms with E-state index >= 15 is 0 Å². The molecule has 27 heavy (non-hydrogen) atoms. The molecule has 2 aromatic rings. The molecule has 1 aliphatic heterocycles. The average Bonchev–Trinajstić information content (AvgIpc) is 2.65. The fourth-order valence-corrected chi connectivity index (χ4v) is 3.11.